The predicted octanol–water partition coefficient (Wildman–Crippen LogP) is 1.78. The minimum atomic E-state index is -0.915. The lowest BCUT2D eigenvalue weighted by molar-refractivity contribution is -0.143. The quantitative estimate of drug-likeness (QED) is 0.736. The number of nitrogen functional groups attached to an aromatic ring is 1. The first kappa shape index (κ1) is 14.3. The van der Waals surface area contributed by atoms with Crippen molar-refractivity contribution in [3.05, 3.63) is 29.6 Å². The van der Waals surface area contributed by atoms with Crippen LogP contribution in [0.1, 0.15) is 36.0 Å². The number of halogens is 1. The molecule has 1 aliphatic carbocycles. The van der Waals surface area contributed by atoms with Crippen molar-refractivity contribution in [3.8, 4) is 0 Å². The Balaban J connectivity index is 2.14. The van der Waals surface area contributed by atoms with Gasteiger partial charge in [0.15, 0.2) is 0 Å². The summed E-state index contributed by atoms with van der Waals surface area (Å²) in [5.41, 5.74) is 5.36. The highest BCUT2D eigenvalue weighted by Crippen LogP contribution is 2.25. The number of carbonyl (C=O) groups excluding carboxylic acids is 1. The Bertz CT molecular complexity index is 533. The Morgan fingerprint density at radius 3 is 2.70 bits per heavy atom. The summed E-state index contributed by atoms with van der Waals surface area (Å²) in [5.74, 6) is -2.69. The molecule has 1 amide bonds. The zero-order chi connectivity index (χ0) is 14.7. The molecule has 0 aliphatic heterocycles. The van der Waals surface area contributed by atoms with Gasteiger partial charge in [0.05, 0.1) is 17.2 Å². The molecule has 1 aliphatic rings. The topological polar surface area (TPSA) is 92.4 Å². The highest BCUT2D eigenvalue weighted by atomic mass is 19.1. The number of nitrogens with two attached hydrogens (primary N) is 1. The van der Waals surface area contributed by atoms with Crippen LogP contribution < -0.4 is 11.1 Å². The third kappa shape index (κ3) is 2.89. The molecular weight excluding hydrogens is 263 g/mol. The number of carboxylic acid groups (broad SMARTS) is 1. The molecule has 1 saturated carbocycles. The van der Waals surface area contributed by atoms with Crippen LogP contribution in [-0.4, -0.2) is 23.0 Å². The van der Waals surface area contributed by atoms with Gasteiger partial charge in [-0.05, 0) is 25.0 Å². The van der Waals surface area contributed by atoms with E-state index in [-0.39, 0.29) is 11.3 Å². The molecule has 0 spiro atoms. The summed E-state index contributed by atoms with van der Waals surface area (Å²) in [5, 5.41) is 11.8. The molecule has 1 aromatic carbocycles. The van der Waals surface area contributed by atoms with E-state index in [2.05, 4.69) is 5.32 Å². The van der Waals surface area contributed by atoms with E-state index in [9.17, 15) is 14.0 Å². The van der Waals surface area contributed by atoms with Gasteiger partial charge < -0.3 is 16.2 Å². The smallest absolute Gasteiger partial charge is 0.308 e. The zero-order valence-corrected chi connectivity index (χ0v) is 10.9. The maximum absolute atomic E-state index is 13.3. The molecule has 2 unspecified atom stereocenters. The summed E-state index contributed by atoms with van der Waals surface area (Å²) in [6.45, 7) is 0. The molecule has 108 valence electrons. The predicted molar refractivity (Wildman–Crippen MR) is 71.7 cm³/mol. The lowest BCUT2D eigenvalue weighted by atomic mass is 9.84. The summed E-state index contributed by atoms with van der Waals surface area (Å²) < 4.78 is 13.3. The largest absolute Gasteiger partial charge is 0.481 e. The first-order valence-electron chi connectivity index (χ1n) is 6.58. The average Bonchev–Trinajstić information content (AvgIpc) is 2.42. The SMILES string of the molecule is Nc1c(F)cccc1C(=O)NC1CCCCC1C(=O)O. The van der Waals surface area contributed by atoms with Gasteiger partial charge in [-0.15, -0.1) is 0 Å². The second-order valence-electron chi connectivity index (χ2n) is 5.01. The monoisotopic (exact) mass is 280 g/mol. The number of rotatable bonds is 3. The van der Waals surface area contributed by atoms with Crippen LogP contribution in [0.5, 0.6) is 0 Å². The molecule has 0 radical (unpaired) electrons. The van der Waals surface area contributed by atoms with Gasteiger partial charge >= 0.3 is 5.97 Å². The van der Waals surface area contributed by atoms with Crippen molar-refractivity contribution in [3.63, 3.8) is 0 Å². The summed E-state index contributed by atoms with van der Waals surface area (Å²) in [6, 6.07) is 3.56. The fraction of sp³-hybridized carbons (Fsp3) is 0.429. The molecule has 1 aromatic rings. The second-order valence-corrected chi connectivity index (χ2v) is 5.01. The van der Waals surface area contributed by atoms with Crippen LogP contribution in [-0.2, 0) is 4.79 Å². The molecule has 0 saturated heterocycles. The lowest BCUT2D eigenvalue weighted by Gasteiger charge is -2.29. The molecule has 6 heteroatoms. The van der Waals surface area contributed by atoms with Gasteiger partial charge in [0.1, 0.15) is 5.82 Å². The van der Waals surface area contributed by atoms with Gasteiger partial charge in [-0.25, -0.2) is 4.39 Å². The van der Waals surface area contributed by atoms with E-state index in [1.165, 1.54) is 18.2 Å². The van der Waals surface area contributed by atoms with Crippen LogP contribution in [0.3, 0.4) is 0 Å². The number of nitrogens with one attached hydrogen (secondary N) is 1. The molecule has 0 aromatic heterocycles. The number of carboxylic acids is 1. The zero-order valence-electron chi connectivity index (χ0n) is 10.9. The summed E-state index contributed by atoms with van der Waals surface area (Å²) >= 11 is 0. The Morgan fingerprint density at radius 2 is 2.00 bits per heavy atom. The first-order valence-corrected chi connectivity index (χ1v) is 6.58. The number of hydrogen-bond acceptors (Lipinski definition) is 3. The Kier molecular flexibility index (Phi) is 4.22. The number of carbonyl (C=O) groups is 2. The number of para-hydroxylation sites is 1. The van der Waals surface area contributed by atoms with Gasteiger partial charge in [-0.3, -0.25) is 9.59 Å². The van der Waals surface area contributed by atoms with Crippen molar-refractivity contribution < 1.29 is 19.1 Å². The average molecular weight is 280 g/mol. The number of amides is 1. The minimum Gasteiger partial charge on any atom is -0.481 e. The van der Waals surface area contributed by atoms with E-state index in [1.54, 1.807) is 0 Å². The van der Waals surface area contributed by atoms with Gasteiger partial charge in [0, 0.05) is 6.04 Å². The molecule has 2 rings (SSSR count). The molecule has 2 atom stereocenters. The molecule has 0 bridgehead atoms. The van der Waals surface area contributed by atoms with E-state index in [4.69, 9.17) is 10.8 Å². The fourth-order valence-corrected chi connectivity index (χ4v) is 2.58. The van der Waals surface area contributed by atoms with E-state index in [0.29, 0.717) is 12.8 Å². The first-order chi connectivity index (χ1) is 9.50. The highest BCUT2D eigenvalue weighted by Gasteiger charge is 2.32. The third-order valence-corrected chi connectivity index (χ3v) is 3.70. The second kappa shape index (κ2) is 5.90. The Labute approximate surface area is 116 Å². The molecule has 5 nitrogen and oxygen atoms in total. The summed E-state index contributed by atoms with van der Waals surface area (Å²) in [6.07, 6.45) is 2.86. The van der Waals surface area contributed by atoms with Gasteiger partial charge in [0.2, 0.25) is 0 Å². The summed E-state index contributed by atoms with van der Waals surface area (Å²) in [4.78, 5) is 23.3. The van der Waals surface area contributed by atoms with Crippen molar-refractivity contribution in [2.75, 3.05) is 5.73 Å². The van der Waals surface area contributed by atoms with Crippen LogP contribution in [0, 0.1) is 11.7 Å². The van der Waals surface area contributed by atoms with Crippen LogP contribution in [0.2, 0.25) is 0 Å². The van der Waals surface area contributed by atoms with Crippen LogP contribution in [0.15, 0.2) is 18.2 Å². The molecule has 0 heterocycles. The maximum Gasteiger partial charge on any atom is 0.308 e. The maximum atomic E-state index is 13.3. The lowest BCUT2D eigenvalue weighted by Crippen LogP contribution is -2.45. The number of aliphatic carboxylic acids is 1. The standard InChI is InChI=1S/C14H17FN2O3/c15-10-6-3-5-9(12(10)16)13(18)17-11-7-2-1-4-8(11)14(19)20/h3,5-6,8,11H,1-2,4,7,16H2,(H,17,18)(H,19,20). The number of benzene rings is 1. The summed E-state index contributed by atoms with van der Waals surface area (Å²) in [7, 11) is 0. The molecule has 1 fully saturated rings. The van der Waals surface area contributed by atoms with Gasteiger partial charge in [0.25, 0.3) is 5.91 Å². The Hall–Kier alpha value is -2.11. The fourth-order valence-electron chi connectivity index (χ4n) is 2.58. The highest BCUT2D eigenvalue weighted by molar-refractivity contribution is 5.99. The van der Waals surface area contributed by atoms with Gasteiger partial charge in [-0.2, -0.15) is 0 Å². The minimum absolute atomic E-state index is 0.0414. The van der Waals surface area contributed by atoms with Crippen LogP contribution in [0.25, 0.3) is 0 Å². The number of hydrogen-bond donors (Lipinski definition) is 3. The van der Waals surface area contributed by atoms with Crippen LogP contribution >= 0.6 is 0 Å². The van der Waals surface area contributed by atoms with Crippen molar-refractivity contribution in [1.29, 1.82) is 0 Å². The molecular formula is C14H17FN2O3. The van der Waals surface area contributed by atoms with E-state index >= 15 is 0 Å². The van der Waals surface area contributed by atoms with Crippen molar-refractivity contribution in [2.24, 2.45) is 5.92 Å². The van der Waals surface area contributed by atoms with Crippen molar-refractivity contribution in [2.45, 2.75) is 31.7 Å². The van der Waals surface area contributed by atoms with Gasteiger partial charge in [-0.1, -0.05) is 18.9 Å². The van der Waals surface area contributed by atoms with Crippen LogP contribution in [0.4, 0.5) is 10.1 Å². The molecule has 20 heavy (non-hydrogen) atoms. The normalized spacial score (nSPS) is 22.2. The van der Waals surface area contributed by atoms with E-state index in [0.717, 1.165) is 12.8 Å². The van der Waals surface area contributed by atoms with Crippen molar-refractivity contribution in [1.82, 2.24) is 5.32 Å². The Morgan fingerprint density at radius 1 is 1.30 bits per heavy atom. The van der Waals surface area contributed by atoms with Crippen molar-refractivity contribution >= 4 is 17.6 Å². The van der Waals surface area contributed by atoms with E-state index < -0.39 is 29.7 Å². The third-order valence-electron chi connectivity index (χ3n) is 3.70. The number of anilines is 1. The van der Waals surface area contributed by atoms with E-state index in [1.807, 2.05) is 0 Å². The molecule has 4 N–H and O–H groups in total.